The number of nitrogens with zero attached hydrogens (tertiary/aromatic N) is 4. The number of aromatic nitrogens is 1. The van der Waals surface area contributed by atoms with Crippen molar-refractivity contribution in [3.63, 3.8) is 0 Å². The van der Waals surface area contributed by atoms with Crippen molar-refractivity contribution >= 4 is 22.4 Å². The van der Waals surface area contributed by atoms with Gasteiger partial charge in [-0.1, -0.05) is 6.42 Å². The van der Waals surface area contributed by atoms with Crippen LogP contribution in [0, 0.1) is 0 Å². The normalized spacial score (nSPS) is 17.8. The minimum absolute atomic E-state index is 0.000852. The van der Waals surface area contributed by atoms with Gasteiger partial charge in [0.2, 0.25) is 0 Å². The first-order valence-corrected chi connectivity index (χ1v) is 11.5. The predicted octanol–water partition coefficient (Wildman–Crippen LogP) is 3.11. The van der Waals surface area contributed by atoms with Crippen LogP contribution in [0.25, 0.3) is 0 Å². The third-order valence-corrected chi connectivity index (χ3v) is 6.80. The van der Waals surface area contributed by atoms with Crippen molar-refractivity contribution in [1.82, 2.24) is 14.8 Å². The van der Waals surface area contributed by atoms with E-state index in [9.17, 15) is 4.79 Å². The lowest BCUT2D eigenvalue weighted by atomic mass is 10.1. The Balaban J connectivity index is 1.34. The summed E-state index contributed by atoms with van der Waals surface area (Å²) in [5, 5.41) is 3.25. The molecule has 8 heteroatoms. The molecule has 0 bridgehead atoms. The van der Waals surface area contributed by atoms with Gasteiger partial charge in [0.15, 0.2) is 5.13 Å². The lowest BCUT2D eigenvalue weighted by Crippen LogP contribution is -2.48. The van der Waals surface area contributed by atoms with Gasteiger partial charge in [-0.05, 0) is 38.1 Å². The SMILES string of the molecule is COc1ccc(C(=O)N2CCN(c3nc(CN4CCCCC4)cs3)CC2)c(OC)c1. The molecule has 162 valence electrons. The van der Waals surface area contributed by atoms with Gasteiger partial charge in [0, 0.05) is 44.2 Å². The summed E-state index contributed by atoms with van der Waals surface area (Å²) in [6.07, 6.45) is 3.95. The van der Waals surface area contributed by atoms with Crippen LogP contribution in [0.3, 0.4) is 0 Å². The van der Waals surface area contributed by atoms with Gasteiger partial charge in [-0.3, -0.25) is 9.69 Å². The third kappa shape index (κ3) is 4.70. The van der Waals surface area contributed by atoms with Crippen LogP contribution < -0.4 is 14.4 Å². The predicted molar refractivity (Wildman–Crippen MR) is 119 cm³/mol. The summed E-state index contributed by atoms with van der Waals surface area (Å²) in [5.41, 5.74) is 1.74. The Morgan fingerprint density at radius 3 is 2.50 bits per heavy atom. The summed E-state index contributed by atoms with van der Waals surface area (Å²) in [5.74, 6) is 1.22. The van der Waals surface area contributed by atoms with Crippen LogP contribution in [0.1, 0.15) is 35.3 Å². The molecule has 0 aliphatic carbocycles. The highest BCUT2D eigenvalue weighted by atomic mass is 32.1. The number of hydrogen-bond acceptors (Lipinski definition) is 7. The minimum Gasteiger partial charge on any atom is -0.497 e. The van der Waals surface area contributed by atoms with Crippen LogP contribution in [0.2, 0.25) is 0 Å². The van der Waals surface area contributed by atoms with Gasteiger partial charge >= 0.3 is 0 Å². The average molecular weight is 431 g/mol. The van der Waals surface area contributed by atoms with Crippen LogP contribution in [-0.2, 0) is 6.54 Å². The molecule has 0 radical (unpaired) electrons. The van der Waals surface area contributed by atoms with E-state index in [0.717, 1.165) is 24.8 Å². The molecule has 30 heavy (non-hydrogen) atoms. The number of amides is 1. The molecule has 1 aromatic heterocycles. The van der Waals surface area contributed by atoms with Gasteiger partial charge in [-0.15, -0.1) is 11.3 Å². The standard InChI is InChI=1S/C22H30N4O3S/c1-28-18-6-7-19(20(14-18)29-2)21(27)25-10-12-26(13-11-25)22-23-17(16-30-22)15-24-8-4-3-5-9-24/h6-7,14,16H,3-5,8-13,15H2,1-2H3. The number of piperidine rings is 1. The van der Waals surface area contributed by atoms with Gasteiger partial charge in [-0.25, -0.2) is 4.98 Å². The molecule has 0 unspecified atom stereocenters. The maximum Gasteiger partial charge on any atom is 0.257 e. The summed E-state index contributed by atoms with van der Waals surface area (Å²) < 4.78 is 10.6. The number of carbonyl (C=O) groups is 1. The van der Waals surface area contributed by atoms with Gasteiger partial charge in [-0.2, -0.15) is 0 Å². The monoisotopic (exact) mass is 430 g/mol. The van der Waals surface area contributed by atoms with E-state index in [4.69, 9.17) is 14.5 Å². The summed E-state index contributed by atoms with van der Waals surface area (Å²) in [7, 11) is 3.18. The number of piperazine rings is 1. The molecule has 0 spiro atoms. The second-order valence-corrected chi connectivity index (χ2v) is 8.64. The summed E-state index contributed by atoms with van der Waals surface area (Å²) in [4.78, 5) is 24.6. The number of anilines is 1. The first kappa shape index (κ1) is 20.9. The molecule has 4 rings (SSSR count). The Kier molecular flexibility index (Phi) is 6.74. The number of thiazole rings is 1. The number of rotatable bonds is 6. The molecule has 0 N–H and O–H groups in total. The molecule has 1 aromatic carbocycles. The number of likely N-dealkylation sites (tertiary alicyclic amines) is 1. The minimum atomic E-state index is -0.000852. The maximum atomic E-state index is 13.0. The molecular weight excluding hydrogens is 400 g/mol. The number of ether oxygens (including phenoxy) is 2. The number of methoxy groups -OCH3 is 2. The number of hydrogen-bond donors (Lipinski definition) is 0. The first-order valence-electron chi connectivity index (χ1n) is 10.6. The Bertz CT molecular complexity index is 858. The molecule has 7 nitrogen and oxygen atoms in total. The zero-order valence-corrected chi connectivity index (χ0v) is 18.6. The smallest absolute Gasteiger partial charge is 0.257 e. The van der Waals surface area contributed by atoms with Crippen LogP contribution in [0.4, 0.5) is 5.13 Å². The number of carbonyl (C=O) groups excluding carboxylic acids is 1. The lowest BCUT2D eigenvalue weighted by Gasteiger charge is -2.34. The van der Waals surface area contributed by atoms with Crippen molar-refractivity contribution in [3.05, 3.63) is 34.8 Å². The fourth-order valence-corrected chi connectivity index (χ4v) is 4.98. The highest BCUT2D eigenvalue weighted by molar-refractivity contribution is 7.13. The van der Waals surface area contributed by atoms with E-state index in [1.807, 2.05) is 4.90 Å². The molecule has 1 amide bonds. The summed E-state index contributed by atoms with van der Waals surface area (Å²) in [6.45, 7) is 6.25. The highest BCUT2D eigenvalue weighted by Gasteiger charge is 2.26. The quantitative estimate of drug-likeness (QED) is 0.702. The lowest BCUT2D eigenvalue weighted by molar-refractivity contribution is 0.0743. The number of benzene rings is 1. The van der Waals surface area contributed by atoms with Crippen molar-refractivity contribution < 1.29 is 14.3 Å². The largest absolute Gasteiger partial charge is 0.497 e. The van der Waals surface area contributed by atoms with Gasteiger partial charge in [0.05, 0.1) is 25.5 Å². The van der Waals surface area contributed by atoms with E-state index in [1.54, 1.807) is 43.8 Å². The summed E-state index contributed by atoms with van der Waals surface area (Å²) >= 11 is 1.71. The fourth-order valence-electron chi connectivity index (χ4n) is 4.11. The Morgan fingerprint density at radius 2 is 1.80 bits per heavy atom. The van der Waals surface area contributed by atoms with Crippen molar-refractivity contribution in [3.8, 4) is 11.5 Å². The van der Waals surface area contributed by atoms with E-state index in [1.165, 1.54) is 38.0 Å². The zero-order valence-electron chi connectivity index (χ0n) is 17.8. The molecule has 2 fully saturated rings. The van der Waals surface area contributed by atoms with Gasteiger partial charge in [0.25, 0.3) is 5.91 Å². The highest BCUT2D eigenvalue weighted by Crippen LogP contribution is 2.27. The molecule has 3 heterocycles. The van der Waals surface area contributed by atoms with Gasteiger partial charge < -0.3 is 19.3 Å². The van der Waals surface area contributed by atoms with Crippen LogP contribution in [-0.4, -0.2) is 74.2 Å². The molecule has 2 aliphatic rings. The van der Waals surface area contributed by atoms with Crippen LogP contribution >= 0.6 is 11.3 Å². The van der Waals surface area contributed by atoms with Gasteiger partial charge in [0.1, 0.15) is 11.5 Å². The van der Waals surface area contributed by atoms with Crippen LogP contribution in [0.5, 0.6) is 11.5 Å². The Labute approximate surface area is 182 Å². The zero-order chi connectivity index (χ0) is 20.9. The van der Waals surface area contributed by atoms with E-state index in [-0.39, 0.29) is 5.91 Å². The fraction of sp³-hybridized carbons (Fsp3) is 0.545. The third-order valence-electron chi connectivity index (χ3n) is 5.85. The second kappa shape index (κ2) is 9.66. The van der Waals surface area contributed by atoms with E-state index in [2.05, 4.69) is 15.2 Å². The van der Waals surface area contributed by atoms with Crippen molar-refractivity contribution in [1.29, 1.82) is 0 Å². The van der Waals surface area contributed by atoms with Crippen molar-refractivity contribution in [2.75, 3.05) is 58.4 Å². The maximum absolute atomic E-state index is 13.0. The van der Waals surface area contributed by atoms with Crippen LogP contribution in [0.15, 0.2) is 23.6 Å². The van der Waals surface area contributed by atoms with Crippen molar-refractivity contribution in [2.24, 2.45) is 0 Å². The van der Waals surface area contributed by atoms with E-state index in [0.29, 0.717) is 30.2 Å². The molecule has 0 atom stereocenters. The summed E-state index contributed by atoms with van der Waals surface area (Å²) in [6, 6.07) is 5.33. The molecule has 2 aliphatic heterocycles. The second-order valence-electron chi connectivity index (χ2n) is 7.80. The molecule has 0 saturated carbocycles. The average Bonchev–Trinajstić information content (AvgIpc) is 3.27. The Hall–Kier alpha value is -2.32. The first-order chi connectivity index (χ1) is 14.7. The van der Waals surface area contributed by atoms with E-state index < -0.39 is 0 Å². The van der Waals surface area contributed by atoms with Crippen molar-refractivity contribution in [2.45, 2.75) is 25.8 Å². The van der Waals surface area contributed by atoms with E-state index >= 15 is 0 Å². The molecular formula is C22H30N4O3S. The molecule has 2 aromatic rings. The molecule has 2 saturated heterocycles. The Morgan fingerprint density at radius 1 is 1.03 bits per heavy atom. The topological polar surface area (TPSA) is 58.1 Å².